The second-order valence-corrected chi connectivity index (χ2v) is 3.46. The van der Waals surface area contributed by atoms with Crippen molar-refractivity contribution in [1.82, 2.24) is 5.32 Å². The molecule has 0 aromatic carbocycles. The molecule has 0 bridgehead atoms. The summed E-state index contributed by atoms with van der Waals surface area (Å²) in [5.74, 6) is -1.09. The number of hydrogen-bond donors (Lipinski definition) is 4. The van der Waals surface area contributed by atoms with Crippen molar-refractivity contribution in [3.63, 3.8) is 0 Å². The maximum absolute atomic E-state index is 11.2. The van der Waals surface area contributed by atoms with E-state index in [-0.39, 0.29) is 13.0 Å². The summed E-state index contributed by atoms with van der Waals surface area (Å²) in [5.41, 5.74) is 10.3. The lowest BCUT2D eigenvalue weighted by Crippen LogP contribution is -2.45. The molecule has 2 unspecified atom stereocenters. The third kappa shape index (κ3) is 6.87. The molecule has 88 valence electrons. The number of carbonyl (C=O) groups is 2. The van der Waals surface area contributed by atoms with Crippen LogP contribution in [-0.4, -0.2) is 35.6 Å². The second kappa shape index (κ2) is 7.19. The molecule has 0 aliphatic carbocycles. The van der Waals surface area contributed by atoms with Crippen molar-refractivity contribution in [3.8, 4) is 0 Å². The van der Waals surface area contributed by atoms with Crippen molar-refractivity contribution >= 4 is 11.8 Å². The van der Waals surface area contributed by atoms with Crippen LogP contribution in [0.25, 0.3) is 0 Å². The Hall–Kier alpha value is -1.14. The van der Waals surface area contributed by atoms with E-state index in [2.05, 4.69) is 5.32 Å². The number of amides is 2. The van der Waals surface area contributed by atoms with Crippen molar-refractivity contribution in [3.05, 3.63) is 0 Å². The molecule has 0 aliphatic rings. The molecule has 0 aliphatic heterocycles. The van der Waals surface area contributed by atoms with E-state index in [4.69, 9.17) is 11.5 Å². The summed E-state index contributed by atoms with van der Waals surface area (Å²) < 4.78 is 0. The van der Waals surface area contributed by atoms with E-state index in [0.717, 1.165) is 6.42 Å². The minimum atomic E-state index is -0.934. The Morgan fingerprint density at radius 2 is 2.07 bits per heavy atom. The molecule has 2 amide bonds. The van der Waals surface area contributed by atoms with Gasteiger partial charge in [-0.1, -0.05) is 13.3 Å². The van der Waals surface area contributed by atoms with Crippen molar-refractivity contribution < 1.29 is 14.7 Å². The largest absolute Gasteiger partial charge is 0.391 e. The van der Waals surface area contributed by atoms with Crippen LogP contribution in [0.5, 0.6) is 0 Å². The van der Waals surface area contributed by atoms with Crippen LogP contribution in [0.2, 0.25) is 0 Å². The number of aliphatic hydroxyl groups excluding tert-OH is 1. The topological polar surface area (TPSA) is 118 Å². The van der Waals surface area contributed by atoms with Gasteiger partial charge in [0.05, 0.1) is 18.6 Å². The van der Waals surface area contributed by atoms with Gasteiger partial charge in [-0.2, -0.15) is 0 Å². The number of aliphatic hydroxyl groups is 1. The van der Waals surface area contributed by atoms with Crippen molar-refractivity contribution in [2.75, 3.05) is 6.54 Å². The fourth-order valence-corrected chi connectivity index (χ4v) is 1.09. The smallest absolute Gasteiger partial charge is 0.237 e. The number of hydrogen-bond acceptors (Lipinski definition) is 4. The summed E-state index contributed by atoms with van der Waals surface area (Å²) in [6, 6.07) is -0.934. The summed E-state index contributed by atoms with van der Waals surface area (Å²) in [5, 5.41) is 11.8. The van der Waals surface area contributed by atoms with Crippen LogP contribution < -0.4 is 16.8 Å². The lowest BCUT2D eigenvalue weighted by Gasteiger charge is -2.13. The molecule has 6 N–H and O–H groups in total. The second-order valence-electron chi connectivity index (χ2n) is 3.46. The normalized spacial score (nSPS) is 14.3. The van der Waals surface area contributed by atoms with E-state index in [9.17, 15) is 14.7 Å². The molecular formula is C9H19N3O3. The van der Waals surface area contributed by atoms with Crippen LogP contribution in [-0.2, 0) is 9.59 Å². The molecule has 0 heterocycles. The summed E-state index contributed by atoms with van der Waals surface area (Å²) in [4.78, 5) is 21.7. The summed E-state index contributed by atoms with van der Waals surface area (Å²) in [7, 11) is 0. The van der Waals surface area contributed by atoms with Gasteiger partial charge >= 0.3 is 0 Å². The Morgan fingerprint density at radius 3 is 2.53 bits per heavy atom. The van der Waals surface area contributed by atoms with Crippen LogP contribution >= 0.6 is 0 Å². The highest BCUT2D eigenvalue weighted by atomic mass is 16.3. The van der Waals surface area contributed by atoms with Gasteiger partial charge < -0.3 is 21.9 Å². The molecule has 0 saturated heterocycles. The molecule has 0 aromatic rings. The zero-order valence-electron chi connectivity index (χ0n) is 8.90. The minimum absolute atomic E-state index is 0.152. The Balaban J connectivity index is 3.77. The molecular weight excluding hydrogens is 198 g/mol. The Labute approximate surface area is 89.0 Å². The zero-order chi connectivity index (χ0) is 11.8. The number of rotatable bonds is 7. The Bertz CT molecular complexity index is 221. The van der Waals surface area contributed by atoms with E-state index in [1.807, 2.05) is 6.92 Å². The number of primary amides is 1. The minimum Gasteiger partial charge on any atom is -0.391 e. The van der Waals surface area contributed by atoms with Gasteiger partial charge in [0, 0.05) is 6.54 Å². The summed E-state index contributed by atoms with van der Waals surface area (Å²) in [6.07, 6.45) is 0.700. The predicted molar refractivity (Wildman–Crippen MR) is 55.7 cm³/mol. The van der Waals surface area contributed by atoms with Gasteiger partial charge in [0.15, 0.2) is 0 Å². The highest BCUT2D eigenvalue weighted by Gasteiger charge is 2.16. The third-order valence-electron chi connectivity index (χ3n) is 1.89. The molecule has 6 nitrogen and oxygen atoms in total. The monoisotopic (exact) mass is 217 g/mol. The average Bonchev–Trinajstić information content (AvgIpc) is 2.13. The molecule has 0 rings (SSSR count). The fraction of sp³-hybridized carbons (Fsp3) is 0.778. The Kier molecular flexibility index (Phi) is 6.64. The lowest BCUT2D eigenvalue weighted by atomic mass is 10.2. The highest BCUT2D eigenvalue weighted by molar-refractivity contribution is 5.87. The zero-order valence-corrected chi connectivity index (χ0v) is 8.90. The first-order chi connectivity index (χ1) is 6.97. The van der Waals surface area contributed by atoms with Gasteiger partial charge in [-0.15, -0.1) is 0 Å². The van der Waals surface area contributed by atoms with E-state index in [1.165, 1.54) is 0 Å². The van der Waals surface area contributed by atoms with Gasteiger partial charge in [0.1, 0.15) is 0 Å². The van der Waals surface area contributed by atoms with Gasteiger partial charge in [-0.05, 0) is 6.42 Å². The quantitative estimate of drug-likeness (QED) is 0.413. The van der Waals surface area contributed by atoms with Crippen LogP contribution in [0, 0.1) is 0 Å². The van der Waals surface area contributed by atoms with Crippen LogP contribution in [0.1, 0.15) is 26.2 Å². The first kappa shape index (κ1) is 13.9. The van der Waals surface area contributed by atoms with Crippen LogP contribution in [0.15, 0.2) is 0 Å². The SMILES string of the molecule is CCCC(O)CNC(=O)C(N)CC(N)=O. The average molecular weight is 217 g/mol. The molecule has 2 atom stereocenters. The Morgan fingerprint density at radius 1 is 1.47 bits per heavy atom. The first-order valence-corrected chi connectivity index (χ1v) is 4.97. The molecule has 0 saturated carbocycles. The summed E-state index contributed by atoms with van der Waals surface area (Å²) >= 11 is 0. The predicted octanol–water partition coefficient (Wildman–Crippen LogP) is -1.53. The van der Waals surface area contributed by atoms with E-state index in [1.54, 1.807) is 0 Å². The highest BCUT2D eigenvalue weighted by Crippen LogP contribution is 1.94. The molecule has 0 aromatic heterocycles. The van der Waals surface area contributed by atoms with Crippen molar-refractivity contribution in [1.29, 1.82) is 0 Å². The standard InChI is InChI=1S/C9H19N3O3/c1-2-3-6(13)5-12-9(15)7(10)4-8(11)14/h6-7,13H,2-5,10H2,1H3,(H2,11,14)(H,12,15). The van der Waals surface area contributed by atoms with Crippen LogP contribution in [0.4, 0.5) is 0 Å². The number of nitrogens with one attached hydrogen (secondary N) is 1. The van der Waals surface area contributed by atoms with Gasteiger partial charge in [-0.25, -0.2) is 0 Å². The molecule has 15 heavy (non-hydrogen) atoms. The number of carbonyl (C=O) groups excluding carboxylic acids is 2. The van der Waals surface area contributed by atoms with E-state index < -0.39 is 24.0 Å². The van der Waals surface area contributed by atoms with Crippen LogP contribution in [0.3, 0.4) is 0 Å². The maximum atomic E-state index is 11.2. The molecule has 6 heteroatoms. The molecule has 0 radical (unpaired) electrons. The molecule has 0 fully saturated rings. The van der Waals surface area contributed by atoms with E-state index >= 15 is 0 Å². The van der Waals surface area contributed by atoms with Gasteiger partial charge in [-0.3, -0.25) is 9.59 Å². The summed E-state index contributed by atoms with van der Waals surface area (Å²) in [6.45, 7) is 2.09. The van der Waals surface area contributed by atoms with Gasteiger partial charge in [0.25, 0.3) is 0 Å². The fourth-order valence-electron chi connectivity index (χ4n) is 1.09. The maximum Gasteiger partial charge on any atom is 0.237 e. The van der Waals surface area contributed by atoms with Crippen molar-refractivity contribution in [2.45, 2.75) is 38.3 Å². The lowest BCUT2D eigenvalue weighted by molar-refractivity contribution is -0.126. The van der Waals surface area contributed by atoms with Crippen molar-refractivity contribution in [2.24, 2.45) is 11.5 Å². The molecule has 0 spiro atoms. The van der Waals surface area contributed by atoms with Gasteiger partial charge in [0.2, 0.25) is 11.8 Å². The third-order valence-corrected chi connectivity index (χ3v) is 1.89. The first-order valence-electron chi connectivity index (χ1n) is 4.97. The number of nitrogens with two attached hydrogens (primary N) is 2. The van der Waals surface area contributed by atoms with E-state index in [0.29, 0.717) is 6.42 Å².